The number of anilines is 1. The molecule has 6 heteroatoms. The van der Waals surface area contributed by atoms with Crippen LogP contribution < -0.4 is 4.90 Å². The average molecular weight is 311 g/mol. The van der Waals surface area contributed by atoms with Crippen LogP contribution in [0.4, 0.5) is 5.82 Å². The lowest BCUT2D eigenvalue weighted by Crippen LogP contribution is -2.37. The van der Waals surface area contributed by atoms with Crippen molar-refractivity contribution in [2.45, 2.75) is 18.9 Å². The number of aliphatic hydroxyl groups is 1. The van der Waals surface area contributed by atoms with Crippen LogP contribution in [0.1, 0.15) is 12.8 Å². The summed E-state index contributed by atoms with van der Waals surface area (Å²) >= 11 is 3.42. The SMILES string of the molecule is CN(CC1CC(O)C1)c1nc(Br)cn2ccnc12. The minimum absolute atomic E-state index is 0.106. The number of aromatic nitrogens is 3. The molecule has 2 heterocycles. The molecule has 0 saturated heterocycles. The summed E-state index contributed by atoms with van der Waals surface area (Å²) in [4.78, 5) is 11.0. The van der Waals surface area contributed by atoms with Gasteiger partial charge in [0.2, 0.25) is 0 Å². The monoisotopic (exact) mass is 310 g/mol. The zero-order valence-corrected chi connectivity index (χ0v) is 11.7. The Balaban J connectivity index is 1.86. The third kappa shape index (κ3) is 2.10. The third-order valence-electron chi connectivity index (χ3n) is 3.43. The Morgan fingerprint density at radius 3 is 3.06 bits per heavy atom. The van der Waals surface area contributed by atoms with Crippen molar-refractivity contribution in [2.24, 2.45) is 5.92 Å². The van der Waals surface area contributed by atoms with Gasteiger partial charge in [0.05, 0.1) is 6.10 Å². The van der Waals surface area contributed by atoms with E-state index in [2.05, 4.69) is 30.8 Å². The zero-order chi connectivity index (χ0) is 12.7. The van der Waals surface area contributed by atoms with Crippen LogP contribution in [0.2, 0.25) is 0 Å². The topological polar surface area (TPSA) is 53.7 Å². The first-order valence-electron chi connectivity index (χ1n) is 6.02. The molecule has 0 aliphatic heterocycles. The van der Waals surface area contributed by atoms with E-state index in [4.69, 9.17) is 0 Å². The summed E-state index contributed by atoms with van der Waals surface area (Å²) in [5.41, 5.74) is 0.862. The highest BCUT2D eigenvalue weighted by atomic mass is 79.9. The maximum Gasteiger partial charge on any atom is 0.180 e. The summed E-state index contributed by atoms with van der Waals surface area (Å²) in [5.74, 6) is 1.43. The number of halogens is 1. The van der Waals surface area contributed by atoms with Crippen LogP contribution in [0.3, 0.4) is 0 Å². The van der Waals surface area contributed by atoms with Gasteiger partial charge in [0.1, 0.15) is 4.60 Å². The van der Waals surface area contributed by atoms with Crippen LogP contribution in [0.5, 0.6) is 0 Å². The van der Waals surface area contributed by atoms with Gasteiger partial charge in [0.15, 0.2) is 11.5 Å². The molecule has 5 nitrogen and oxygen atoms in total. The number of hydrogen-bond donors (Lipinski definition) is 1. The van der Waals surface area contributed by atoms with Crippen LogP contribution in [0.15, 0.2) is 23.2 Å². The van der Waals surface area contributed by atoms with Gasteiger partial charge in [0, 0.05) is 32.2 Å². The Kier molecular flexibility index (Phi) is 2.99. The fraction of sp³-hybridized carbons (Fsp3) is 0.500. The van der Waals surface area contributed by atoms with Crippen molar-refractivity contribution in [3.05, 3.63) is 23.2 Å². The van der Waals surface area contributed by atoms with E-state index in [0.717, 1.165) is 35.5 Å². The smallest absolute Gasteiger partial charge is 0.180 e. The van der Waals surface area contributed by atoms with Gasteiger partial charge < -0.3 is 14.4 Å². The zero-order valence-electron chi connectivity index (χ0n) is 10.1. The molecule has 2 aromatic heterocycles. The molecule has 1 N–H and O–H groups in total. The van der Waals surface area contributed by atoms with Crippen molar-refractivity contribution < 1.29 is 5.11 Å². The number of nitrogens with zero attached hydrogens (tertiary/aromatic N) is 4. The first-order chi connectivity index (χ1) is 8.63. The van der Waals surface area contributed by atoms with E-state index >= 15 is 0 Å². The Bertz CT molecular complexity index is 564. The molecule has 0 aromatic carbocycles. The summed E-state index contributed by atoms with van der Waals surface area (Å²) in [6.45, 7) is 0.906. The molecule has 18 heavy (non-hydrogen) atoms. The molecule has 1 aliphatic carbocycles. The highest BCUT2D eigenvalue weighted by molar-refractivity contribution is 9.10. The molecule has 0 unspecified atom stereocenters. The first kappa shape index (κ1) is 11.9. The average Bonchev–Trinajstić information content (AvgIpc) is 2.73. The Morgan fingerprint density at radius 2 is 2.33 bits per heavy atom. The second kappa shape index (κ2) is 4.51. The van der Waals surface area contributed by atoms with Gasteiger partial charge in [-0.15, -0.1) is 0 Å². The number of imidazole rings is 1. The molecule has 1 saturated carbocycles. The quantitative estimate of drug-likeness (QED) is 0.937. The minimum atomic E-state index is -0.106. The van der Waals surface area contributed by atoms with Gasteiger partial charge in [-0.1, -0.05) is 0 Å². The predicted octanol–water partition coefficient (Wildman–Crippen LogP) is 1.70. The van der Waals surface area contributed by atoms with E-state index in [1.165, 1.54) is 0 Å². The second-order valence-electron chi connectivity index (χ2n) is 4.92. The van der Waals surface area contributed by atoms with Crippen LogP contribution >= 0.6 is 15.9 Å². The molecule has 0 amide bonds. The lowest BCUT2D eigenvalue weighted by Gasteiger charge is -2.34. The molecular formula is C12H15BrN4O. The summed E-state index contributed by atoms with van der Waals surface area (Å²) in [6, 6.07) is 0. The van der Waals surface area contributed by atoms with Gasteiger partial charge in [0.25, 0.3) is 0 Å². The Morgan fingerprint density at radius 1 is 1.56 bits per heavy atom. The van der Waals surface area contributed by atoms with Crippen molar-refractivity contribution in [2.75, 3.05) is 18.5 Å². The molecule has 3 rings (SSSR count). The molecule has 0 spiro atoms. The molecule has 1 aliphatic rings. The van der Waals surface area contributed by atoms with E-state index < -0.39 is 0 Å². The highest BCUT2D eigenvalue weighted by Gasteiger charge is 2.28. The highest BCUT2D eigenvalue weighted by Crippen LogP contribution is 2.29. The van der Waals surface area contributed by atoms with Gasteiger partial charge in [-0.25, -0.2) is 9.97 Å². The maximum absolute atomic E-state index is 9.33. The van der Waals surface area contributed by atoms with Crippen molar-refractivity contribution in [3.63, 3.8) is 0 Å². The van der Waals surface area contributed by atoms with Gasteiger partial charge in [-0.2, -0.15) is 0 Å². The van der Waals surface area contributed by atoms with Gasteiger partial charge in [-0.05, 0) is 34.7 Å². The summed E-state index contributed by atoms with van der Waals surface area (Å²) in [7, 11) is 2.02. The molecule has 0 bridgehead atoms. The molecule has 0 atom stereocenters. The summed E-state index contributed by atoms with van der Waals surface area (Å²) in [6.07, 6.45) is 7.25. The van der Waals surface area contributed by atoms with E-state index in [0.29, 0.717) is 5.92 Å². The maximum atomic E-state index is 9.33. The largest absolute Gasteiger partial charge is 0.393 e. The molecule has 1 fully saturated rings. The van der Waals surface area contributed by atoms with Crippen LogP contribution in [-0.4, -0.2) is 39.2 Å². The Hall–Kier alpha value is -1.14. The van der Waals surface area contributed by atoms with Crippen molar-refractivity contribution in [3.8, 4) is 0 Å². The lowest BCUT2D eigenvalue weighted by molar-refractivity contribution is 0.0464. The van der Waals surface area contributed by atoms with Crippen molar-refractivity contribution in [1.29, 1.82) is 0 Å². The summed E-state index contributed by atoms with van der Waals surface area (Å²) in [5, 5.41) is 9.33. The molecule has 2 aromatic rings. The fourth-order valence-electron chi connectivity index (χ4n) is 2.46. The van der Waals surface area contributed by atoms with E-state index in [1.807, 2.05) is 23.8 Å². The minimum Gasteiger partial charge on any atom is -0.393 e. The number of fused-ring (bicyclic) bond motifs is 1. The van der Waals surface area contributed by atoms with E-state index in [1.54, 1.807) is 6.20 Å². The normalized spacial score (nSPS) is 23.1. The third-order valence-corrected chi connectivity index (χ3v) is 3.81. The number of aliphatic hydroxyl groups excluding tert-OH is 1. The lowest BCUT2D eigenvalue weighted by atomic mass is 9.82. The van der Waals surface area contributed by atoms with Crippen molar-refractivity contribution >= 4 is 27.4 Å². The van der Waals surface area contributed by atoms with Crippen molar-refractivity contribution in [1.82, 2.24) is 14.4 Å². The van der Waals surface area contributed by atoms with Crippen LogP contribution in [0, 0.1) is 5.92 Å². The molecule has 0 radical (unpaired) electrons. The molecular weight excluding hydrogens is 296 g/mol. The number of rotatable bonds is 3. The first-order valence-corrected chi connectivity index (χ1v) is 6.81. The Labute approximate surface area is 114 Å². The van der Waals surface area contributed by atoms with Crippen LogP contribution in [0.25, 0.3) is 5.65 Å². The summed E-state index contributed by atoms with van der Waals surface area (Å²) < 4.78 is 2.75. The van der Waals surface area contributed by atoms with E-state index in [-0.39, 0.29) is 6.10 Å². The number of hydrogen-bond acceptors (Lipinski definition) is 4. The fourth-order valence-corrected chi connectivity index (χ4v) is 2.85. The standard InChI is InChI=1S/C12H15BrN4O/c1-16(6-8-4-9(18)5-8)12-11-14-2-3-17(11)7-10(13)15-12/h2-3,7-9,18H,4-6H2,1H3. The predicted molar refractivity (Wildman–Crippen MR) is 72.7 cm³/mol. The van der Waals surface area contributed by atoms with Gasteiger partial charge >= 0.3 is 0 Å². The van der Waals surface area contributed by atoms with E-state index in [9.17, 15) is 5.11 Å². The van der Waals surface area contributed by atoms with Gasteiger partial charge in [-0.3, -0.25) is 0 Å². The molecule has 96 valence electrons. The van der Waals surface area contributed by atoms with Crippen LogP contribution in [-0.2, 0) is 0 Å². The second-order valence-corrected chi connectivity index (χ2v) is 5.73.